The molecule has 1 aromatic rings. The lowest BCUT2D eigenvalue weighted by Crippen LogP contribution is -2.19. The summed E-state index contributed by atoms with van der Waals surface area (Å²) >= 11 is 0. The molecule has 1 aromatic carbocycles. The topological polar surface area (TPSA) is 21.3 Å². The fourth-order valence-corrected chi connectivity index (χ4v) is 1.92. The van der Waals surface area contributed by atoms with E-state index in [0.717, 1.165) is 25.0 Å². The lowest BCUT2D eigenvalue weighted by atomic mass is 10.2. The van der Waals surface area contributed by atoms with Gasteiger partial charge in [-0.2, -0.15) is 0 Å². The second kappa shape index (κ2) is 4.96. The van der Waals surface area contributed by atoms with Gasteiger partial charge in [0.15, 0.2) is 17.5 Å². The van der Waals surface area contributed by atoms with Gasteiger partial charge in [-0.1, -0.05) is 0 Å². The van der Waals surface area contributed by atoms with Crippen molar-refractivity contribution in [2.45, 2.75) is 32.0 Å². The zero-order valence-corrected chi connectivity index (χ0v) is 9.47. The molecule has 2 rings (SSSR count). The molecule has 1 aliphatic rings. The minimum Gasteiger partial charge on any atom is -0.382 e. The highest BCUT2D eigenvalue weighted by atomic mass is 19.2. The summed E-state index contributed by atoms with van der Waals surface area (Å²) in [4.78, 5) is 0. The third kappa shape index (κ3) is 2.91. The maximum Gasteiger partial charge on any atom is 0.194 e. The molecule has 0 aromatic heterocycles. The molecule has 1 N–H and O–H groups in total. The van der Waals surface area contributed by atoms with E-state index in [4.69, 9.17) is 4.74 Å². The Morgan fingerprint density at radius 3 is 2.41 bits per heavy atom. The third-order valence-electron chi connectivity index (χ3n) is 2.84. The second-order valence-electron chi connectivity index (χ2n) is 4.28. The Morgan fingerprint density at radius 2 is 1.88 bits per heavy atom. The third-order valence-corrected chi connectivity index (χ3v) is 2.84. The van der Waals surface area contributed by atoms with Gasteiger partial charge >= 0.3 is 0 Å². The molecule has 2 unspecified atom stereocenters. The van der Waals surface area contributed by atoms with E-state index < -0.39 is 17.5 Å². The van der Waals surface area contributed by atoms with Crippen LogP contribution in [0.25, 0.3) is 0 Å². The van der Waals surface area contributed by atoms with Crippen LogP contribution >= 0.6 is 0 Å². The van der Waals surface area contributed by atoms with Crippen molar-refractivity contribution in [3.8, 4) is 0 Å². The zero-order chi connectivity index (χ0) is 12.4. The van der Waals surface area contributed by atoms with Gasteiger partial charge in [0, 0.05) is 24.4 Å². The predicted molar refractivity (Wildman–Crippen MR) is 58.4 cm³/mol. The molecule has 17 heavy (non-hydrogen) atoms. The SMILES string of the molecule is CC1CCC(CNc2cc(F)c(F)c(F)c2)O1. The van der Waals surface area contributed by atoms with Crippen molar-refractivity contribution in [1.29, 1.82) is 0 Å². The van der Waals surface area contributed by atoms with E-state index in [0.29, 0.717) is 6.54 Å². The van der Waals surface area contributed by atoms with E-state index in [1.807, 2.05) is 6.92 Å². The fraction of sp³-hybridized carbons (Fsp3) is 0.500. The maximum atomic E-state index is 12.9. The standard InChI is InChI=1S/C12H14F3NO/c1-7-2-3-9(17-7)6-16-8-4-10(13)12(15)11(14)5-8/h4-5,7,9,16H,2-3,6H2,1H3. The summed E-state index contributed by atoms with van der Waals surface area (Å²) in [7, 11) is 0. The molecule has 0 spiro atoms. The van der Waals surface area contributed by atoms with Crippen LogP contribution in [0.4, 0.5) is 18.9 Å². The van der Waals surface area contributed by atoms with E-state index in [9.17, 15) is 13.2 Å². The molecule has 0 saturated carbocycles. The molecule has 1 fully saturated rings. The van der Waals surface area contributed by atoms with Crippen molar-refractivity contribution in [2.75, 3.05) is 11.9 Å². The highest BCUT2D eigenvalue weighted by molar-refractivity contribution is 5.44. The molecule has 94 valence electrons. The maximum absolute atomic E-state index is 12.9. The molecule has 5 heteroatoms. The first-order chi connectivity index (χ1) is 8.06. The van der Waals surface area contributed by atoms with Crippen molar-refractivity contribution in [2.24, 2.45) is 0 Å². The van der Waals surface area contributed by atoms with E-state index in [1.165, 1.54) is 0 Å². The average Bonchev–Trinajstić information content (AvgIpc) is 2.69. The van der Waals surface area contributed by atoms with Crippen molar-refractivity contribution in [3.05, 3.63) is 29.6 Å². The summed E-state index contributed by atoms with van der Waals surface area (Å²) in [6.45, 7) is 2.45. The van der Waals surface area contributed by atoms with E-state index in [2.05, 4.69) is 5.32 Å². The zero-order valence-electron chi connectivity index (χ0n) is 9.47. The van der Waals surface area contributed by atoms with Gasteiger partial charge in [0.05, 0.1) is 12.2 Å². The van der Waals surface area contributed by atoms with Crippen LogP contribution < -0.4 is 5.32 Å². The summed E-state index contributed by atoms with van der Waals surface area (Å²) in [6, 6.07) is 1.88. The first kappa shape index (κ1) is 12.2. The molecular formula is C12H14F3NO. The van der Waals surface area contributed by atoms with Gasteiger partial charge in [0.2, 0.25) is 0 Å². The van der Waals surface area contributed by atoms with Crippen LogP contribution in [0.2, 0.25) is 0 Å². The van der Waals surface area contributed by atoms with Gasteiger partial charge in [-0.05, 0) is 19.8 Å². The predicted octanol–water partition coefficient (Wildman–Crippen LogP) is 3.08. The number of nitrogens with one attached hydrogen (secondary N) is 1. The number of hydrogen-bond acceptors (Lipinski definition) is 2. The lowest BCUT2D eigenvalue weighted by molar-refractivity contribution is 0.0637. The monoisotopic (exact) mass is 245 g/mol. The summed E-state index contributed by atoms with van der Waals surface area (Å²) in [6.07, 6.45) is 2.17. The van der Waals surface area contributed by atoms with Crippen molar-refractivity contribution in [3.63, 3.8) is 0 Å². The van der Waals surface area contributed by atoms with E-state index in [-0.39, 0.29) is 17.9 Å². The minimum atomic E-state index is -1.44. The largest absolute Gasteiger partial charge is 0.382 e. The highest BCUT2D eigenvalue weighted by Crippen LogP contribution is 2.21. The van der Waals surface area contributed by atoms with Crippen LogP contribution in [-0.2, 0) is 4.74 Å². The lowest BCUT2D eigenvalue weighted by Gasteiger charge is -2.13. The molecule has 0 aliphatic carbocycles. The van der Waals surface area contributed by atoms with Gasteiger partial charge in [0.25, 0.3) is 0 Å². The quantitative estimate of drug-likeness (QED) is 0.826. The average molecular weight is 245 g/mol. The number of rotatable bonds is 3. The second-order valence-corrected chi connectivity index (χ2v) is 4.28. The van der Waals surface area contributed by atoms with Crippen molar-refractivity contribution >= 4 is 5.69 Å². The van der Waals surface area contributed by atoms with Gasteiger partial charge in [-0.3, -0.25) is 0 Å². The first-order valence-electron chi connectivity index (χ1n) is 5.60. The first-order valence-corrected chi connectivity index (χ1v) is 5.60. The fourth-order valence-electron chi connectivity index (χ4n) is 1.92. The highest BCUT2D eigenvalue weighted by Gasteiger charge is 2.21. The van der Waals surface area contributed by atoms with Crippen LogP contribution in [0, 0.1) is 17.5 Å². The van der Waals surface area contributed by atoms with Crippen LogP contribution in [0.5, 0.6) is 0 Å². The Bertz CT molecular complexity index is 388. The number of benzene rings is 1. The number of halogens is 3. The van der Waals surface area contributed by atoms with E-state index >= 15 is 0 Å². The molecule has 2 nitrogen and oxygen atoms in total. The number of ether oxygens (including phenoxy) is 1. The van der Waals surface area contributed by atoms with Crippen molar-refractivity contribution in [1.82, 2.24) is 0 Å². The Morgan fingerprint density at radius 1 is 1.24 bits per heavy atom. The van der Waals surface area contributed by atoms with Crippen molar-refractivity contribution < 1.29 is 17.9 Å². The van der Waals surface area contributed by atoms with Gasteiger partial charge < -0.3 is 10.1 Å². The van der Waals surface area contributed by atoms with Crippen LogP contribution in [0.3, 0.4) is 0 Å². The molecule has 0 radical (unpaired) electrons. The smallest absolute Gasteiger partial charge is 0.194 e. The summed E-state index contributed by atoms with van der Waals surface area (Å²) < 4.78 is 44.1. The molecule has 1 aliphatic heterocycles. The Balaban J connectivity index is 1.95. The molecule has 2 atom stereocenters. The Hall–Kier alpha value is -1.23. The molecule has 0 bridgehead atoms. The molecule has 0 amide bonds. The number of hydrogen-bond donors (Lipinski definition) is 1. The van der Waals surface area contributed by atoms with Gasteiger partial charge in [0.1, 0.15) is 0 Å². The van der Waals surface area contributed by atoms with Gasteiger partial charge in [-0.25, -0.2) is 13.2 Å². The summed E-state index contributed by atoms with van der Waals surface area (Å²) in [5, 5.41) is 2.84. The van der Waals surface area contributed by atoms with Crippen LogP contribution in [0.1, 0.15) is 19.8 Å². The van der Waals surface area contributed by atoms with Crippen LogP contribution in [0.15, 0.2) is 12.1 Å². The summed E-state index contributed by atoms with van der Waals surface area (Å²) in [5.74, 6) is -3.82. The minimum absolute atomic E-state index is 0.0428. The molecular weight excluding hydrogens is 231 g/mol. The van der Waals surface area contributed by atoms with Gasteiger partial charge in [-0.15, -0.1) is 0 Å². The normalized spacial score (nSPS) is 24.0. The van der Waals surface area contributed by atoms with E-state index in [1.54, 1.807) is 0 Å². The molecule has 1 heterocycles. The Labute approximate surface area is 97.8 Å². The Kier molecular flexibility index (Phi) is 3.57. The number of anilines is 1. The summed E-state index contributed by atoms with van der Waals surface area (Å²) in [5.41, 5.74) is 0.226. The molecule has 1 saturated heterocycles. The van der Waals surface area contributed by atoms with Crippen LogP contribution in [-0.4, -0.2) is 18.8 Å².